The van der Waals surface area contributed by atoms with Crippen molar-refractivity contribution < 1.29 is 9.84 Å². The number of nitrogens with one attached hydrogen (secondary N) is 1. The number of ether oxygens (including phenoxy) is 1. The number of aliphatic hydroxyl groups excluding tert-OH is 1. The van der Waals surface area contributed by atoms with Gasteiger partial charge in [0.1, 0.15) is 5.65 Å². The molecule has 1 atom stereocenters. The van der Waals surface area contributed by atoms with Gasteiger partial charge >= 0.3 is 0 Å². The van der Waals surface area contributed by atoms with Crippen molar-refractivity contribution in [2.24, 2.45) is 0 Å². The van der Waals surface area contributed by atoms with E-state index in [1.807, 2.05) is 6.20 Å². The molecule has 1 aromatic carbocycles. The Morgan fingerprint density at radius 2 is 1.81 bits per heavy atom. The first kappa shape index (κ1) is 25.1. The van der Waals surface area contributed by atoms with Gasteiger partial charge in [-0.15, -0.1) is 0 Å². The second kappa shape index (κ2) is 11.3. The molecular weight excluding hydrogens is 452 g/mol. The average Bonchev–Trinajstić information content (AvgIpc) is 3.25. The molecule has 8 heteroatoms. The van der Waals surface area contributed by atoms with Gasteiger partial charge in [-0.3, -0.25) is 4.90 Å². The monoisotopic (exact) mass is 492 g/mol. The Kier molecular flexibility index (Phi) is 7.86. The number of anilines is 1. The van der Waals surface area contributed by atoms with Crippen LogP contribution in [0.2, 0.25) is 0 Å². The fourth-order valence-corrected chi connectivity index (χ4v) is 5.51. The van der Waals surface area contributed by atoms with E-state index >= 15 is 0 Å². The molecule has 0 radical (unpaired) electrons. The predicted molar refractivity (Wildman–Crippen MR) is 144 cm³/mol. The number of nitrogens with zero attached hydrogens (tertiary/aromatic N) is 5. The minimum atomic E-state index is -0.183. The van der Waals surface area contributed by atoms with Crippen molar-refractivity contribution >= 4 is 17.0 Å². The molecule has 2 aromatic heterocycles. The first-order valence-electron chi connectivity index (χ1n) is 13.3. The van der Waals surface area contributed by atoms with Gasteiger partial charge < -0.3 is 24.6 Å². The van der Waals surface area contributed by atoms with E-state index in [1.54, 1.807) is 7.11 Å². The van der Waals surface area contributed by atoms with Gasteiger partial charge in [0.2, 0.25) is 5.95 Å². The molecule has 0 unspecified atom stereocenters. The molecule has 0 spiro atoms. The highest BCUT2D eigenvalue weighted by molar-refractivity contribution is 5.94. The Bertz CT molecular complexity index is 1130. The van der Waals surface area contributed by atoms with Gasteiger partial charge in [-0.05, 0) is 50.8 Å². The molecule has 3 aromatic rings. The van der Waals surface area contributed by atoms with Crippen molar-refractivity contribution in [2.75, 3.05) is 52.3 Å². The van der Waals surface area contributed by atoms with Crippen molar-refractivity contribution in [1.29, 1.82) is 0 Å². The van der Waals surface area contributed by atoms with Gasteiger partial charge in [-0.1, -0.05) is 24.3 Å². The molecule has 3 heterocycles. The number of rotatable bonds is 8. The maximum absolute atomic E-state index is 10.1. The minimum Gasteiger partial charge on any atom is -0.393 e. The highest BCUT2D eigenvalue weighted by atomic mass is 16.5. The molecule has 1 saturated carbocycles. The van der Waals surface area contributed by atoms with E-state index in [1.165, 1.54) is 16.7 Å². The van der Waals surface area contributed by atoms with Gasteiger partial charge in [0.25, 0.3) is 0 Å². The van der Waals surface area contributed by atoms with E-state index in [0.29, 0.717) is 18.6 Å². The van der Waals surface area contributed by atoms with Crippen molar-refractivity contribution in [1.82, 2.24) is 24.3 Å². The molecule has 194 valence electrons. The third-order valence-electron chi connectivity index (χ3n) is 7.69. The van der Waals surface area contributed by atoms with Crippen LogP contribution in [0.5, 0.6) is 0 Å². The molecule has 36 heavy (non-hydrogen) atoms. The molecule has 2 N–H and O–H groups in total. The maximum atomic E-state index is 10.1. The number of hydrogen-bond donors (Lipinski definition) is 2. The quantitative estimate of drug-likeness (QED) is 0.496. The maximum Gasteiger partial charge on any atom is 0.224 e. The van der Waals surface area contributed by atoms with E-state index < -0.39 is 0 Å². The summed E-state index contributed by atoms with van der Waals surface area (Å²) in [4.78, 5) is 14.5. The van der Waals surface area contributed by atoms with Crippen molar-refractivity contribution in [3.63, 3.8) is 0 Å². The molecule has 2 aliphatic rings. The number of likely N-dealkylation sites (N-methyl/N-ethyl adjacent to an activating group) is 1. The lowest BCUT2D eigenvalue weighted by atomic mass is 9.93. The van der Waals surface area contributed by atoms with E-state index in [0.717, 1.165) is 69.4 Å². The normalized spacial score (nSPS) is 22.7. The largest absolute Gasteiger partial charge is 0.393 e. The third kappa shape index (κ3) is 5.72. The average molecular weight is 493 g/mol. The smallest absolute Gasteiger partial charge is 0.224 e. The van der Waals surface area contributed by atoms with E-state index in [9.17, 15) is 5.11 Å². The summed E-state index contributed by atoms with van der Waals surface area (Å²) in [7, 11) is 3.90. The zero-order valence-electron chi connectivity index (χ0n) is 21.9. The summed E-state index contributed by atoms with van der Waals surface area (Å²) in [6.45, 7) is 8.17. The van der Waals surface area contributed by atoms with Crippen LogP contribution in [0.15, 0.2) is 36.7 Å². The van der Waals surface area contributed by atoms with Gasteiger partial charge in [0, 0.05) is 75.3 Å². The molecule has 1 aliphatic carbocycles. The molecular formula is C28H40N6O2. The lowest BCUT2D eigenvalue weighted by Crippen LogP contribution is -2.43. The number of piperazine rings is 1. The van der Waals surface area contributed by atoms with E-state index in [-0.39, 0.29) is 12.1 Å². The summed E-state index contributed by atoms with van der Waals surface area (Å²) in [5.74, 6) is 0.622. The van der Waals surface area contributed by atoms with Crippen LogP contribution in [0.25, 0.3) is 22.2 Å². The van der Waals surface area contributed by atoms with Crippen LogP contribution in [0.1, 0.15) is 44.2 Å². The standard InChI is InChI=1S/C28H40N6O2/c1-20(19-36-3)30-28-29-16-25-26(18-34(27(25)31-28)23-8-10-24(35)11-9-23)22-6-4-21(5-7-22)17-33-14-12-32(2)13-15-33/h4-7,16,18,20,23-24,35H,8-15,17,19H2,1-3H3,(H,29,30,31)/t20-,23-,24-/m1/s1. The number of aromatic nitrogens is 3. The number of benzene rings is 1. The number of aliphatic hydroxyl groups is 1. The van der Waals surface area contributed by atoms with E-state index in [4.69, 9.17) is 9.72 Å². The van der Waals surface area contributed by atoms with Crippen LogP contribution in [-0.2, 0) is 11.3 Å². The minimum absolute atomic E-state index is 0.119. The van der Waals surface area contributed by atoms with Gasteiger partial charge in [-0.2, -0.15) is 4.98 Å². The molecule has 5 rings (SSSR count). The van der Waals surface area contributed by atoms with Crippen LogP contribution in [0, 0.1) is 0 Å². The Morgan fingerprint density at radius 1 is 1.08 bits per heavy atom. The zero-order valence-corrected chi connectivity index (χ0v) is 21.9. The SMILES string of the molecule is COC[C@@H](C)Nc1ncc2c(-c3ccc(CN4CCN(C)CC4)cc3)cn([C@H]3CC[C@H](O)CC3)c2n1. The zero-order chi connectivity index (χ0) is 25.1. The van der Waals surface area contributed by atoms with Crippen LogP contribution in [0.4, 0.5) is 5.95 Å². The van der Waals surface area contributed by atoms with Crippen LogP contribution in [0.3, 0.4) is 0 Å². The number of hydrogen-bond acceptors (Lipinski definition) is 7. The molecule has 1 saturated heterocycles. The second-order valence-corrected chi connectivity index (χ2v) is 10.6. The summed E-state index contributed by atoms with van der Waals surface area (Å²) in [6.07, 6.45) is 7.61. The molecule has 1 aliphatic heterocycles. The summed E-state index contributed by atoms with van der Waals surface area (Å²) in [5.41, 5.74) is 4.66. The highest BCUT2D eigenvalue weighted by Gasteiger charge is 2.24. The lowest BCUT2D eigenvalue weighted by Gasteiger charge is -2.32. The second-order valence-electron chi connectivity index (χ2n) is 10.6. The van der Waals surface area contributed by atoms with Crippen molar-refractivity contribution in [3.05, 3.63) is 42.2 Å². The van der Waals surface area contributed by atoms with Crippen LogP contribution < -0.4 is 5.32 Å². The van der Waals surface area contributed by atoms with Gasteiger partial charge in [0.05, 0.1) is 12.7 Å². The van der Waals surface area contributed by atoms with Crippen molar-refractivity contribution in [3.8, 4) is 11.1 Å². The summed E-state index contributed by atoms with van der Waals surface area (Å²) < 4.78 is 7.59. The summed E-state index contributed by atoms with van der Waals surface area (Å²) >= 11 is 0. The Balaban J connectivity index is 1.42. The van der Waals surface area contributed by atoms with Crippen LogP contribution in [-0.4, -0.2) is 88.5 Å². The topological polar surface area (TPSA) is 78.7 Å². The first-order valence-corrected chi connectivity index (χ1v) is 13.3. The molecule has 2 fully saturated rings. The van der Waals surface area contributed by atoms with Crippen molar-refractivity contribution in [2.45, 2.75) is 57.3 Å². The summed E-state index contributed by atoms with van der Waals surface area (Å²) in [5, 5.41) is 14.5. The molecule has 0 bridgehead atoms. The Hall–Kier alpha value is -2.52. The van der Waals surface area contributed by atoms with Gasteiger partial charge in [-0.25, -0.2) is 4.98 Å². The van der Waals surface area contributed by atoms with Crippen LogP contribution >= 0.6 is 0 Å². The molecule has 0 amide bonds. The third-order valence-corrected chi connectivity index (χ3v) is 7.69. The fourth-order valence-electron chi connectivity index (χ4n) is 5.51. The fraction of sp³-hybridized carbons (Fsp3) is 0.571. The molecule has 8 nitrogen and oxygen atoms in total. The highest BCUT2D eigenvalue weighted by Crippen LogP contribution is 2.36. The Labute approximate surface area is 214 Å². The van der Waals surface area contributed by atoms with E-state index in [2.05, 4.69) is 69.1 Å². The first-order chi connectivity index (χ1) is 17.5. The predicted octanol–water partition coefficient (Wildman–Crippen LogP) is 3.77. The Morgan fingerprint density at radius 3 is 2.50 bits per heavy atom. The number of methoxy groups -OCH3 is 1. The lowest BCUT2D eigenvalue weighted by molar-refractivity contribution is 0.111. The number of fused-ring (bicyclic) bond motifs is 1. The van der Waals surface area contributed by atoms with Gasteiger partial charge in [0.15, 0.2) is 0 Å². The summed E-state index contributed by atoms with van der Waals surface area (Å²) in [6, 6.07) is 9.45.